The molecule has 0 fully saturated rings. The smallest absolute Gasteiger partial charge is 0.0973 e. The first-order valence-corrected chi connectivity index (χ1v) is 17.1. The molecule has 3 heteroatoms. The SMILES string of the molecule is c1ccc(-c2nc3ccccc3nc2-c2ccc(C3(c4ccc5c(c4)sc4ccccc45)c4ccccc4-c4ccccc43)cc2)cc1. The van der Waals surface area contributed by atoms with Crippen molar-refractivity contribution in [3.8, 4) is 33.6 Å². The second kappa shape index (κ2) is 10.6. The van der Waals surface area contributed by atoms with Crippen LogP contribution in [0.1, 0.15) is 22.3 Å². The fraction of sp³-hybridized carbons (Fsp3) is 0.0222. The zero-order valence-electron chi connectivity index (χ0n) is 26.0. The van der Waals surface area contributed by atoms with E-state index in [9.17, 15) is 0 Å². The third-order valence-electron chi connectivity index (χ3n) is 9.97. The molecule has 0 N–H and O–H groups in total. The maximum absolute atomic E-state index is 5.19. The zero-order valence-corrected chi connectivity index (χ0v) is 26.8. The van der Waals surface area contributed by atoms with E-state index in [2.05, 4.69) is 140 Å². The Labute approximate surface area is 282 Å². The summed E-state index contributed by atoms with van der Waals surface area (Å²) < 4.78 is 2.63. The highest BCUT2D eigenvalue weighted by Crippen LogP contribution is 2.56. The highest BCUT2D eigenvalue weighted by molar-refractivity contribution is 7.25. The Balaban J connectivity index is 1.22. The Morgan fingerprint density at radius 2 is 0.917 bits per heavy atom. The predicted octanol–water partition coefficient (Wildman–Crippen LogP) is 11.7. The maximum Gasteiger partial charge on any atom is 0.0973 e. The number of rotatable bonds is 4. The summed E-state index contributed by atoms with van der Waals surface area (Å²) in [5.41, 5.74) is 12.9. The number of hydrogen-bond acceptors (Lipinski definition) is 3. The molecule has 9 aromatic rings. The number of fused-ring (bicyclic) bond motifs is 7. The van der Waals surface area contributed by atoms with Crippen LogP contribution in [0.25, 0.3) is 64.8 Å². The van der Waals surface area contributed by atoms with E-state index >= 15 is 0 Å². The van der Waals surface area contributed by atoms with Crippen LogP contribution in [0.4, 0.5) is 0 Å². The Bertz CT molecular complexity index is 2630. The number of aromatic nitrogens is 2. The molecule has 224 valence electrons. The van der Waals surface area contributed by atoms with Gasteiger partial charge in [0.1, 0.15) is 0 Å². The minimum atomic E-state index is -0.479. The molecule has 0 amide bonds. The van der Waals surface area contributed by atoms with Gasteiger partial charge in [-0.3, -0.25) is 0 Å². The lowest BCUT2D eigenvalue weighted by Gasteiger charge is -2.34. The Morgan fingerprint density at radius 3 is 1.60 bits per heavy atom. The summed E-state index contributed by atoms with van der Waals surface area (Å²) in [6.07, 6.45) is 0. The predicted molar refractivity (Wildman–Crippen MR) is 201 cm³/mol. The summed E-state index contributed by atoms with van der Waals surface area (Å²) in [5.74, 6) is 0. The van der Waals surface area contributed by atoms with Gasteiger partial charge in [-0.25, -0.2) is 9.97 Å². The second-order valence-corrected chi connectivity index (χ2v) is 13.6. The highest BCUT2D eigenvalue weighted by Gasteiger charge is 2.46. The topological polar surface area (TPSA) is 25.8 Å². The molecule has 1 aliphatic carbocycles. The Kier molecular flexibility index (Phi) is 5.99. The molecule has 0 saturated carbocycles. The van der Waals surface area contributed by atoms with Gasteiger partial charge in [0.25, 0.3) is 0 Å². The van der Waals surface area contributed by atoms with Crippen LogP contribution in [0.15, 0.2) is 170 Å². The van der Waals surface area contributed by atoms with E-state index in [0.29, 0.717) is 0 Å². The molecular weight excluding hydrogens is 601 g/mol. The summed E-state index contributed by atoms with van der Waals surface area (Å²) >= 11 is 1.88. The molecule has 0 saturated heterocycles. The van der Waals surface area contributed by atoms with Gasteiger partial charge in [0, 0.05) is 31.3 Å². The van der Waals surface area contributed by atoms with Crippen LogP contribution in [0.2, 0.25) is 0 Å². The maximum atomic E-state index is 5.19. The third-order valence-corrected chi connectivity index (χ3v) is 11.1. The molecule has 0 radical (unpaired) electrons. The van der Waals surface area contributed by atoms with Crippen molar-refractivity contribution in [3.63, 3.8) is 0 Å². The fourth-order valence-electron chi connectivity index (χ4n) is 7.86. The molecule has 48 heavy (non-hydrogen) atoms. The zero-order chi connectivity index (χ0) is 31.7. The summed E-state index contributed by atoms with van der Waals surface area (Å²) in [6, 6.07) is 61.4. The molecule has 2 nitrogen and oxygen atoms in total. The number of hydrogen-bond donors (Lipinski definition) is 0. The molecule has 1 aliphatic rings. The second-order valence-electron chi connectivity index (χ2n) is 12.5. The van der Waals surface area contributed by atoms with E-state index in [4.69, 9.17) is 9.97 Å². The highest BCUT2D eigenvalue weighted by atomic mass is 32.1. The molecule has 0 bridgehead atoms. The monoisotopic (exact) mass is 628 g/mol. The van der Waals surface area contributed by atoms with Crippen LogP contribution in [0.5, 0.6) is 0 Å². The van der Waals surface area contributed by atoms with Gasteiger partial charge < -0.3 is 0 Å². The van der Waals surface area contributed by atoms with Gasteiger partial charge in [-0.2, -0.15) is 0 Å². The Hall–Kier alpha value is -5.90. The quantitative estimate of drug-likeness (QED) is 0.194. The molecule has 2 heterocycles. The average molecular weight is 629 g/mol. The molecular formula is C45H28N2S. The largest absolute Gasteiger partial charge is 0.244 e. The molecule has 0 unspecified atom stereocenters. The van der Waals surface area contributed by atoms with Crippen molar-refractivity contribution in [1.29, 1.82) is 0 Å². The lowest BCUT2D eigenvalue weighted by atomic mass is 9.67. The van der Waals surface area contributed by atoms with Crippen molar-refractivity contribution >= 4 is 42.5 Å². The standard InChI is InChI=1S/C45H28N2S/c1-2-12-29(13-3-1)43-44(47-40-20-10-9-19-39(40)46-43)30-22-24-31(25-23-30)45(37-17-7-4-14-33(37)34-15-5-8-18-38(34)45)32-26-27-36-35-16-6-11-21-41(35)48-42(36)28-32/h1-28H. The fourth-order valence-corrected chi connectivity index (χ4v) is 9.00. The van der Waals surface area contributed by atoms with E-state index in [1.165, 1.54) is 53.6 Å². The van der Waals surface area contributed by atoms with E-state index in [1.54, 1.807) is 0 Å². The van der Waals surface area contributed by atoms with Crippen molar-refractivity contribution in [3.05, 3.63) is 192 Å². The van der Waals surface area contributed by atoms with Crippen LogP contribution in [-0.4, -0.2) is 9.97 Å². The van der Waals surface area contributed by atoms with E-state index in [1.807, 2.05) is 41.7 Å². The summed E-state index contributed by atoms with van der Waals surface area (Å²) in [5, 5.41) is 2.63. The third kappa shape index (κ3) is 3.92. The van der Waals surface area contributed by atoms with Crippen LogP contribution >= 0.6 is 11.3 Å². The van der Waals surface area contributed by atoms with Crippen LogP contribution < -0.4 is 0 Å². The van der Waals surface area contributed by atoms with Gasteiger partial charge in [-0.05, 0) is 57.6 Å². The number of thiophene rings is 1. The van der Waals surface area contributed by atoms with Crippen LogP contribution in [-0.2, 0) is 5.41 Å². The average Bonchev–Trinajstić information content (AvgIpc) is 3.68. The van der Waals surface area contributed by atoms with Gasteiger partial charge in [0.15, 0.2) is 0 Å². The lowest BCUT2D eigenvalue weighted by molar-refractivity contribution is 0.770. The van der Waals surface area contributed by atoms with Crippen molar-refractivity contribution < 1.29 is 0 Å². The minimum Gasteiger partial charge on any atom is -0.244 e. The number of nitrogens with zero attached hydrogens (tertiary/aromatic N) is 2. The van der Waals surface area contributed by atoms with Gasteiger partial charge in [-0.15, -0.1) is 11.3 Å². The van der Waals surface area contributed by atoms with Gasteiger partial charge >= 0.3 is 0 Å². The van der Waals surface area contributed by atoms with Crippen LogP contribution in [0.3, 0.4) is 0 Å². The number of benzene rings is 7. The lowest BCUT2D eigenvalue weighted by Crippen LogP contribution is -2.28. The molecule has 7 aromatic carbocycles. The summed E-state index contributed by atoms with van der Waals surface area (Å²) in [4.78, 5) is 10.3. The van der Waals surface area contributed by atoms with Crippen LogP contribution in [0, 0.1) is 0 Å². The van der Waals surface area contributed by atoms with Crippen molar-refractivity contribution in [2.24, 2.45) is 0 Å². The normalized spacial score (nSPS) is 13.2. The molecule has 10 rings (SSSR count). The van der Waals surface area contributed by atoms with E-state index in [0.717, 1.165) is 33.5 Å². The van der Waals surface area contributed by atoms with Crippen molar-refractivity contribution in [2.45, 2.75) is 5.41 Å². The van der Waals surface area contributed by atoms with Crippen molar-refractivity contribution in [2.75, 3.05) is 0 Å². The molecule has 0 atom stereocenters. The first kappa shape index (κ1) is 27.2. The van der Waals surface area contributed by atoms with Gasteiger partial charge in [0.05, 0.1) is 27.8 Å². The van der Waals surface area contributed by atoms with E-state index in [-0.39, 0.29) is 0 Å². The van der Waals surface area contributed by atoms with Crippen molar-refractivity contribution in [1.82, 2.24) is 9.97 Å². The molecule has 0 spiro atoms. The van der Waals surface area contributed by atoms with E-state index < -0.39 is 5.41 Å². The van der Waals surface area contributed by atoms with Gasteiger partial charge in [-0.1, -0.05) is 146 Å². The van der Waals surface area contributed by atoms with Gasteiger partial charge in [0.2, 0.25) is 0 Å². The summed E-state index contributed by atoms with van der Waals surface area (Å²) in [6.45, 7) is 0. The minimum absolute atomic E-state index is 0.479. The first-order valence-electron chi connectivity index (χ1n) is 16.3. The molecule has 0 aliphatic heterocycles. The summed E-state index contributed by atoms with van der Waals surface area (Å²) in [7, 11) is 0. The first-order chi connectivity index (χ1) is 23.8. The number of para-hydroxylation sites is 2. The Morgan fingerprint density at radius 1 is 0.396 bits per heavy atom. The molecule has 2 aromatic heterocycles.